The normalized spacial score (nSPS) is 10.8. The van der Waals surface area contributed by atoms with Gasteiger partial charge in [0.15, 0.2) is 0 Å². The fourth-order valence-corrected chi connectivity index (χ4v) is 1.55. The minimum absolute atomic E-state index is 0.325. The lowest BCUT2D eigenvalue weighted by Gasteiger charge is -2.17. The molecule has 1 rings (SSSR count). The number of nitrogens with two attached hydrogens (primary N) is 1. The Morgan fingerprint density at radius 2 is 2.31 bits per heavy atom. The molecule has 90 valence electrons. The highest BCUT2D eigenvalue weighted by molar-refractivity contribution is 5.93. The van der Waals surface area contributed by atoms with E-state index in [1.165, 1.54) is 6.26 Å². The SMILES string of the molecule is CCCN(CC)Cc1cc(C(=O)NN)co1. The second-order valence-electron chi connectivity index (χ2n) is 3.64. The van der Waals surface area contributed by atoms with Crippen molar-refractivity contribution in [2.75, 3.05) is 13.1 Å². The number of nitrogen functional groups attached to an aromatic ring is 1. The quantitative estimate of drug-likeness (QED) is 0.432. The molecular formula is C11H19N3O2. The fraction of sp³-hybridized carbons (Fsp3) is 0.545. The third-order valence-corrected chi connectivity index (χ3v) is 2.41. The Labute approximate surface area is 95.6 Å². The predicted molar refractivity (Wildman–Crippen MR) is 61.6 cm³/mol. The predicted octanol–water partition coefficient (Wildman–Crippen LogP) is 1.11. The Kier molecular flexibility index (Phi) is 5.01. The zero-order chi connectivity index (χ0) is 12.0. The maximum Gasteiger partial charge on any atom is 0.268 e. The summed E-state index contributed by atoms with van der Waals surface area (Å²) in [6.45, 7) is 6.95. The average molecular weight is 225 g/mol. The smallest absolute Gasteiger partial charge is 0.268 e. The topological polar surface area (TPSA) is 71.5 Å². The number of furan rings is 1. The number of carbonyl (C=O) groups is 1. The molecule has 3 N–H and O–H groups in total. The van der Waals surface area contributed by atoms with Crippen LogP contribution in [-0.2, 0) is 6.54 Å². The largest absolute Gasteiger partial charge is 0.467 e. The van der Waals surface area contributed by atoms with E-state index in [2.05, 4.69) is 24.2 Å². The van der Waals surface area contributed by atoms with Gasteiger partial charge in [0.2, 0.25) is 0 Å². The van der Waals surface area contributed by atoms with Gasteiger partial charge < -0.3 is 4.42 Å². The molecule has 1 amide bonds. The van der Waals surface area contributed by atoms with Crippen molar-refractivity contribution in [3.63, 3.8) is 0 Å². The number of amides is 1. The highest BCUT2D eigenvalue weighted by atomic mass is 16.3. The van der Waals surface area contributed by atoms with Crippen molar-refractivity contribution in [2.45, 2.75) is 26.8 Å². The Bertz CT molecular complexity index is 336. The summed E-state index contributed by atoms with van der Waals surface area (Å²) in [7, 11) is 0. The molecule has 0 fully saturated rings. The van der Waals surface area contributed by atoms with Crippen LogP contribution in [0.5, 0.6) is 0 Å². The molecule has 0 saturated heterocycles. The number of hydrogen-bond donors (Lipinski definition) is 2. The molecule has 1 heterocycles. The molecule has 0 spiro atoms. The van der Waals surface area contributed by atoms with E-state index in [-0.39, 0.29) is 5.91 Å². The summed E-state index contributed by atoms with van der Waals surface area (Å²) in [6, 6.07) is 1.72. The van der Waals surface area contributed by atoms with E-state index in [9.17, 15) is 4.79 Å². The molecule has 0 saturated carbocycles. The van der Waals surface area contributed by atoms with E-state index in [1.54, 1.807) is 6.07 Å². The van der Waals surface area contributed by atoms with Crippen molar-refractivity contribution in [2.24, 2.45) is 5.84 Å². The van der Waals surface area contributed by atoms with Gasteiger partial charge in [-0.2, -0.15) is 0 Å². The van der Waals surface area contributed by atoms with E-state index >= 15 is 0 Å². The molecule has 0 aromatic carbocycles. The minimum atomic E-state index is -0.325. The van der Waals surface area contributed by atoms with Crippen LogP contribution < -0.4 is 11.3 Å². The van der Waals surface area contributed by atoms with Crippen LogP contribution in [0.1, 0.15) is 36.4 Å². The average Bonchev–Trinajstić information content (AvgIpc) is 2.76. The summed E-state index contributed by atoms with van der Waals surface area (Å²) in [6.07, 6.45) is 2.53. The van der Waals surface area contributed by atoms with Gasteiger partial charge in [0.25, 0.3) is 5.91 Å². The highest BCUT2D eigenvalue weighted by Gasteiger charge is 2.10. The third-order valence-electron chi connectivity index (χ3n) is 2.41. The number of hydrogen-bond acceptors (Lipinski definition) is 4. The van der Waals surface area contributed by atoms with Crippen LogP contribution in [0.25, 0.3) is 0 Å². The van der Waals surface area contributed by atoms with Crippen LogP contribution in [-0.4, -0.2) is 23.9 Å². The Hall–Kier alpha value is -1.33. The maximum absolute atomic E-state index is 11.2. The van der Waals surface area contributed by atoms with Crippen molar-refractivity contribution in [3.8, 4) is 0 Å². The molecule has 0 atom stereocenters. The first-order chi connectivity index (χ1) is 7.71. The van der Waals surface area contributed by atoms with E-state index in [0.717, 1.165) is 31.8 Å². The van der Waals surface area contributed by atoms with Gasteiger partial charge in [-0.25, -0.2) is 5.84 Å². The molecule has 0 aliphatic rings. The van der Waals surface area contributed by atoms with Gasteiger partial charge in [0.1, 0.15) is 12.0 Å². The fourth-order valence-electron chi connectivity index (χ4n) is 1.55. The van der Waals surface area contributed by atoms with Crippen LogP contribution in [0.3, 0.4) is 0 Å². The van der Waals surface area contributed by atoms with E-state index in [1.807, 2.05) is 0 Å². The molecule has 5 nitrogen and oxygen atoms in total. The summed E-state index contributed by atoms with van der Waals surface area (Å²) in [5, 5.41) is 0. The molecular weight excluding hydrogens is 206 g/mol. The van der Waals surface area contributed by atoms with Crippen molar-refractivity contribution in [3.05, 3.63) is 23.7 Å². The summed E-state index contributed by atoms with van der Waals surface area (Å²) in [5.41, 5.74) is 2.54. The Balaban J connectivity index is 2.60. The standard InChI is InChI=1S/C11H19N3O2/c1-3-5-14(4-2)7-10-6-9(8-16-10)11(15)13-12/h6,8H,3-5,7,12H2,1-2H3,(H,13,15). The zero-order valence-corrected chi connectivity index (χ0v) is 9.82. The maximum atomic E-state index is 11.2. The van der Waals surface area contributed by atoms with Crippen LogP contribution in [0.15, 0.2) is 16.7 Å². The summed E-state index contributed by atoms with van der Waals surface area (Å²) < 4.78 is 5.31. The van der Waals surface area contributed by atoms with E-state index in [4.69, 9.17) is 10.3 Å². The number of carbonyl (C=O) groups excluding carboxylic acids is 1. The molecule has 0 bridgehead atoms. The lowest BCUT2D eigenvalue weighted by molar-refractivity contribution is 0.0953. The lowest BCUT2D eigenvalue weighted by Crippen LogP contribution is -2.29. The molecule has 5 heteroatoms. The molecule has 0 aliphatic carbocycles. The van der Waals surface area contributed by atoms with Crippen molar-refractivity contribution in [1.82, 2.24) is 10.3 Å². The van der Waals surface area contributed by atoms with Crippen molar-refractivity contribution >= 4 is 5.91 Å². The lowest BCUT2D eigenvalue weighted by atomic mass is 10.3. The monoisotopic (exact) mass is 225 g/mol. The number of nitrogens with zero attached hydrogens (tertiary/aromatic N) is 1. The first-order valence-electron chi connectivity index (χ1n) is 5.52. The van der Waals surface area contributed by atoms with E-state index in [0.29, 0.717) is 5.56 Å². The highest BCUT2D eigenvalue weighted by Crippen LogP contribution is 2.10. The molecule has 0 unspecified atom stereocenters. The van der Waals surface area contributed by atoms with Gasteiger partial charge in [-0.1, -0.05) is 13.8 Å². The van der Waals surface area contributed by atoms with Crippen LogP contribution >= 0.6 is 0 Å². The minimum Gasteiger partial charge on any atom is -0.467 e. The Morgan fingerprint density at radius 1 is 1.56 bits per heavy atom. The van der Waals surface area contributed by atoms with Gasteiger partial charge in [0, 0.05) is 0 Å². The van der Waals surface area contributed by atoms with Gasteiger partial charge in [-0.15, -0.1) is 0 Å². The molecule has 1 aromatic heterocycles. The summed E-state index contributed by atoms with van der Waals surface area (Å²) >= 11 is 0. The molecule has 0 aliphatic heterocycles. The zero-order valence-electron chi connectivity index (χ0n) is 9.82. The first-order valence-corrected chi connectivity index (χ1v) is 5.52. The second-order valence-corrected chi connectivity index (χ2v) is 3.64. The van der Waals surface area contributed by atoms with Crippen LogP contribution in [0.2, 0.25) is 0 Å². The molecule has 1 aromatic rings. The summed E-state index contributed by atoms with van der Waals surface area (Å²) in [4.78, 5) is 13.5. The molecule has 16 heavy (non-hydrogen) atoms. The van der Waals surface area contributed by atoms with Gasteiger partial charge in [-0.05, 0) is 25.6 Å². The van der Waals surface area contributed by atoms with Crippen molar-refractivity contribution in [1.29, 1.82) is 0 Å². The number of rotatable bonds is 6. The van der Waals surface area contributed by atoms with Gasteiger partial charge in [0.05, 0.1) is 12.1 Å². The van der Waals surface area contributed by atoms with Gasteiger partial charge >= 0.3 is 0 Å². The second kappa shape index (κ2) is 6.30. The molecule has 0 radical (unpaired) electrons. The van der Waals surface area contributed by atoms with Crippen LogP contribution in [0, 0.1) is 0 Å². The van der Waals surface area contributed by atoms with Crippen LogP contribution in [0.4, 0.5) is 0 Å². The van der Waals surface area contributed by atoms with Gasteiger partial charge in [-0.3, -0.25) is 15.1 Å². The summed E-state index contributed by atoms with van der Waals surface area (Å²) in [5.74, 6) is 5.50. The first kappa shape index (κ1) is 12.7. The third kappa shape index (κ3) is 3.36. The van der Waals surface area contributed by atoms with Crippen molar-refractivity contribution < 1.29 is 9.21 Å². The van der Waals surface area contributed by atoms with E-state index < -0.39 is 0 Å². The number of nitrogens with one attached hydrogen (secondary N) is 1. The number of hydrazine groups is 1. The Morgan fingerprint density at radius 3 is 2.88 bits per heavy atom.